The maximum atomic E-state index is 11.1. The number of nitro benzene ring substituents is 1. The van der Waals surface area contributed by atoms with Crippen molar-refractivity contribution in [2.45, 2.75) is 6.42 Å². The van der Waals surface area contributed by atoms with Crippen LogP contribution in [0.5, 0.6) is 0 Å². The molecule has 0 saturated heterocycles. The van der Waals surface area contributed by atoms with Gasteiger partial charge in [0.05, 0.1) is 11.3 Å². The van der Waals surface area contributed by atoms with E-state index >= 15 is 0 Å². The van der Waals surface area contributed by atoms with E-state index in [1.54, 1.807) is 0 Å². The van der Waals surface area contributed by atoms with Gasteiger partial charge in [-0.15, -0.1) is 0 Å². The van der Waals surface area contributed by atoms with Gasteiger partial charge in [0.2, 0.25) is 0 Å². The minimum absolute atomic E-state index is 0.0762. The van der Waals surface area contributed by atoms with Gasteiger partial charge in [-0.1, -0.05) is 0 Å². The first-order valence-corrected chi connectivity index (χ1v) is 3.86. The summed E-state index contributed by atoms with van der Waals surface area (Å²) in [7, 11) is 0. The Bertz CT molecular complexity index is 369. The minimum Gasteiger partial charge on any atom is -0.303 e. The average molecular weight is 193 g/mol. The van der Waals surface area contributed by atoms with Gasteiger partial charge in [-0.2, -0.15) is 0 Å². The molecule has 0 aliphatic heterocycles. The summed E-state index contributed by atoms with van der Waals surface area (Å²) < 4.78 is 0. The lowest BCUT2D eigenvalue weighted by Gasteiger charge is -1.95. The van der Waals surface area contributed by atoms with E-state index in [1.165, 1.54) is 24.3 Å². The Morgan fingerprint density at radius 3 is 2.36 bits per heavy atom. The standard InChI is InChI=1S/C9H7NO4/c11-6-5-9(12)7-1-3-8(4-2-7)10(13)14/h1-4,6H,5H2. The molecule has 5 heteroatoms. The van der Waals surface area contributed by atoms with E-state index in [4.69, 9.17) is 0 Å². The van der Waals surface area contributed by atoms with E-state index in [2.05, 4.69) is 0 Å². The third-order valence-electron chi connectivity index (χ3n) is 1.67. The number of hydrogen-bond acceptors (Lipinski definition) is 4. The van der Waals surface area contributed by atoms with Crippen LogP contribution in [0.4, 0.5) is 5.69 Å². The van der Waals surface area contributed by atoms with Crippen molar-refractivity contribution in [1.82, 2.24) is 0 Å². The van der Waals surface area contributed by atoms with Crippen LogP contribution in [0.25, 0.3) is 0 Å². The lowest BCUT2D eigenvalue weighted by molar-refractivity contribution is -0.384. The third-order valence-corrected chi connectivity index (χ3v) is 1.67. The molecule has 0 heterocycles. The first kappa shape index (κ1) is 10.0. The molecule has 1 rings (SSSR count). The van der Waals surface area contributed by atoms with Gasteiger partial charge < -0.3 is 4.79 Å². The van der Waals surface area contributed by atoms with Crippen LogP contribution in [0.15, 0.2) is 24.3 Å². The number of aldehydes is 1. The molecule has 0 N–H and O–H groups in total. The van der Waals surface area contributed by atoms with Gasteiger partial charge in [0.15, 0.2) is 5.78 Å². The summed E-state index contributed by atoms with van der Waals surface area (Å²) in [6, 6.07) is 5.14. The number of nitro groups is 1. The summed E-state index contributed by atoms with van der Waals surface area (Å²) in [4.78, 5) is 30.9. The van der Waals surface area contributed by atoms with Crippen LogP contribution in [-0.4, -0.2) is 17.0 Å². The number of carbonyl (C=O) groups is 2. The predicted molar refractivity (Wildman–Crippen MR) is 48.1 cm³/mol. The maximum Gasteiger partial charge on any atom is 0.269 e. The van der Waals surface area contributed by atoms with Gasteiger partial charge in [-0.25, -0.2) is 0 Å². The van der Waals surface area contributed by atoms with Crippen molar-refractivity contribution < 1.29 is 14.5 Å². The van der Waals surface area contributed by atoms with E-state index in [0.29, 0.717) is 11.8 Å². The Kier molecular flexibility index (Phi) is 3.06. The summed E-state index contributed by atoms with van der Waals surface area (Å²) in [5, 5.41) is 10.3. The molecule has 0 atom stereocenters. The molecular formula is C9H7NO4. The molecule has 0 bridgehead atoms. The Hall–Kier alpha value is -2.04. The van der Waals surface area contributed by atoms with Crippen molar-refractivity contribution in [2.75, 3.05) is 0 Å². The van der Waals surface area contributed by atoms with Crippen LogP contribution >= 0.6 is 0 Å². The smallest absolute Gasteiger partial charge is 0.269 e. The van der Waals surface area contributed by atoms with Gasteiger partial charge >= 0.3 is 0 Å². The molecule has 0 aliphatic rings. The highest BCUT2D eigenvalue weighted by Crippen LogP contribution is 2.12. The number of Topliss-reactive ketones (excluding diaryl/α,β-unsaturated/α-hetero) is 1. The zero-order valence-electron chi connectivity index (χ0n) is 7.17. The molecule has 72 valence electrons. The molecule has 5 nitrogen and oxygen atoms in total. The largest absolute Gasteiger partial charge is 0.303 e. The SMILES string of the molecule is O=CCC(=O)c1ccc([N+](=O)[O-])cc1. The number of carbonyl (C=O) groups excluding carboxylic acids is 2. The molecule has 14 heavy (non-hydrogen) atoms. The maximum absolute atomic E-state index is 11.1. The van der Waals surface area contributed by atoms with E-state index in [1.807, 2.05) is 0 Å². The number of non-ortho nitro benzene ring substituents is 1. The summed E-state index contributed by atoms with van der Waals surface area (Å²) in [5.41, 5.74) is 0.232. The number of rotatable bonds is 4. The molecule has 0 radical (unpaired) electrons. The number of hydrogen-bond donors (Lipinski definition) is 0. The summed E-state index contributed by atoms with van der Waals surface area (Å²) in [6.45, 7) is 0. The second-order valence-corrected chi connectivity index (χ2v) is 2.60. The Labute approximate surface area is 79.5 Å². The first-order chi connectivity index (χ1) is 6.65. The van der Waals surface area contributed by atoms with Crippen molar-refractivity contribution >= 4 is 17.8 Å². The lowest BCUT2D eigenvalue weighted by atomic mass is 10.1. The molecule has 0 saturated carbocycles. The van der Waals surface area contributed by atoms with Crippen LogP contribution in [0.2, 0.25) is 0 Å². The summed E-state index contributed by atoms with van der Waals surface area (Å²) >= 11 is 0. The zero-order valence-corrected chi connectivity index (χ0v) is 7.17. The van der Waals surface area contributed by atoms with Crippen LogP contribution in [0.3, 0.4) is 0 Å². The third kappa shape index (κ3) is 2.22. The molecule has 0 unspecified atom stereocenters. The van der Waals surface area contributed by atoms with Gasteiger partial charge in [0.1, 0.15) is 6.29 Å². The zero-order chi connectivity index (χ0) is 10.6. The summed E-state index contributed by atoms with van der Waals surface area (Å²) in [5.74, 6) is -0.338. The lowest BCUT2D eigenvalue weighted by Crippen LogP contribution is -1.99. The molecule has 0 aliphatic carbocycles. The van der Waals surface area contributed by atoms with Gasteiger partial charge in [0.25, 0.3) is 5.69 Å². The highest BCUT2D eigenvalue weighted by molar-refractivity contribution is 6.02. The molecule has 0 fully saturated rings. The minimum atomic E-state index is -0.548. The van der Waals surface area contributed by atoms with Gasteiger partial charge in [0, 0.05) is 17.7 Å². The fourth-order valence-corrected chi connectivity index (χ4v) is 0.963. The van der Waals surface area contributed by atoms with Crippen molar-refractivity contribution in [3.8, 4) is 0 Å². The topological polar surface area (TPSA) is 77.3 Å². The normalized spacial score (nSPS) is 9.43. The number of ketones is 1. The molecule has 1 aromatic rings. The van der Waals surface area contributed by atoms with E-state index in [0.717, 1.165) is 0 Å². The number of nitrogens with zero attached hydrogens (tertiary/aromatic N) is 1. The second kappa shape index (κ2) is 4.27. The van der Waals surface area contributed by atoms with Crippen LogP contribution in [0, 0.1) is 10.1 Å². The number of benzene rings is 1. The summed E-state index contributed by atoms with van der Waals surface area (Å²) in [6.07, 6.45) is 0.307. The quantitative estimate of drug-likeness (QED) is 0.238. The van der Waals surface area contributed by atoms with Crippen molar-refractivity contribution in [3.63, 3.8) is 0 Å². The monoisotopic (exact) mass is 193 g/mol. The molecule has 0 spiro atoms. The van der Waals surface area contributed by atoms with Crippen LogP contribution in [-0.2, 0) is 4.79 Å². The molecule has 0 amide bonds. The fraction of sp³-hybridized carbons (Fsp3) is 0.111. The Balaban J connectivity index is 2.88. The van der Waals surface area contributed by atoms with Crippen molar-refractivity contribution in [1.29, 1.82) is 0 Å². The molecule has 1 aromatic carbocycles. The van der Waals surface area contributed by atoms with Gasteiger partial charge in [-0.3, -0.25) is 14.9 Å². The van der Waals surface area contributed by atoms with Crippen molar-refractivity contribution in [2.24, 2.45) is 0 Å². The predicted octanol–water partition coefficient (Wildman–Crippen LogP) is 1.37. The second-order valence-electron chi connectivity index (χ2n) is 2.60. The van der Waals surface area contributed by atoms with E-state index in [-0.39, 0.29) is 17.9 Å². The molecular weight excluding hydrogens is 186 g/mol. The Morgan fingerprint density at radius 1 is 1.36 bits per heavy atom. The fourth-order valence-electron chi connectivity index (χ4n) is 0.963. The van der Waals surface area contributed by atoms with Crippen molar-refractivity contribution in [3.05, 3.63) is 39.9 Å². The van der Waals surface area contributed by atoms with Gasteiger partial charge in [-0.05, 0) is 12.1 Å². The van der Waals surface area contributed by atoms with Crippen LogP contribution in [0.1, 0.15) is 16.8 Å². The van der Waals surface area contributed by atoms with E-state index < -0.39 is 4.92 Å². The average Bonchev–Trinajstić information content (AvgIpc) is 2.18. The highest BCUT2D eigenvalue weighted by atomic mass is 16.6. The highest BCUT2D eigenvalue weighted by Gasteiger charge is 2.08. The van der Waals surface area contributed by atoms with Crippen LogP contribution < -0.4 is 0 Å². The first-order valence-electron chi connectivity index (χ1n) is 3.86. The van der Waals surface area contributed by atoms with E-state index in [9.17, 15) is 19.7 Å². The Morgan fingerprint density at radius 2 is 1.93 bits per heavy atom. The molecule has 0 aromatic heterocycles.